The number of carbonyl (C=O) groups excluding carboxylic acids is 2. The molecule has 1 saturated heterocycles. The zero-order valence-corrected chi connectivity index (χ0v) is 17.6. The molecule has 0 aliphatic carbocycles. The van der Waals surface area contributed by atoms with Crippen LogP contribution in [0.2, 0.25) is 0 Å². The van der Waals surface area contributed by atoms with E-state index < -0.39 is 0 Å². The number of amides is 1. The number of nitrogens with two attached hydrogens (primary N) is 1. The van der Waals surface area contributed by atoms with Crippen LogP contribution in [0.25, 0.3) is 0 Å². The summed E-state index contributed by atoms with van der Waals surface area (Å²) in [7, 11) is 0. The van der Waals surface area contributed by atoms with Crippen molar-refractivity contribution in [3.8, 4) is 0 Å². The SMILES string of the molecule is C=C1CCC(=O)N1OC(=O)CCCCCCC/C=C\C/C(N)=C\CCCCC. The number of nitrogens with zero attached hydrogens (tertiary/aromatic N) is 1. The molecule has 2 N–H and O–H groups in total. The molecule has 0 spiro atoms. The molecule has 5 heteroatoms. The average molecular weight is 391 g/mol. The molecule has 0 aromatic heterocycles. The van der Waals surface area contributed by atoms with E-state index in [-0.39, 0.29) is 11.9 Å². The predicted molar refractivity (Wildman–Crippen MR) is 114 cm³/mol. The third kappa shape index (κ3) is 11.0. The fraction of sp³-hybridized carbons (Fsp3) is 0.652. The highest BCUT2D eigenvalue weighted by Gasteiger charge is 2.27. The number of carbonyl (C=O) groups is 2. The maximum absolute atomic E-state index is 11.8. The molecule has 0 unspecified atom stereocenters. The van der Waals surface area contributed by atoms with E-state index in [1.165, 1.54) is 19.3 Å². The third-order valence-electron chi connectivity index (χ3n) is 4.82. The molecule has 0 saturated carbocycles. The van der Waals surface area contributed by atoms with Gasteiger partial charge in [-0.05, 0) is 38.5 Å². The average Bonchev–Trinajstić information content (AvgIpc) is 2.98. The van der Waals surface area contributed by atoms with E-state index in [9.17, 15) is 9.59 Å². The van der Waals surface area contributed by atoms with Gasteiger partial charge in [-0.25, -0.2) is 4.79 Å². The Balaban J connectivity index is 1.95. The minimum absolute atomic E-state index is 0.180. The van der Waals surface area contributed by atoms with Gasteiger partial charge in [-0.2, -0.15) is 0 Å². The van der Waals surface area contributed by atoms with Crippen LogP contribution >= 0.6 is 0 Å². The number of rotatable bonds is 15. The molecule has 0 atom stereocenters. The number of hydroxylamine groups is 2. The lowest BCUT2D eigenvalue weighted by Crippen LogP contribution is -2.26. The lowest BCUT2D eigenvalue weighted by atomic mass is 10.1. The molecule has 1 heterocycles. The maximum atomic E-state index is 11.8. The van der Waals surface area contributed by atoms with Crippen LogP contribution in [-0.2, 0) is 14.4 Å². The van der Waals surface area contributed by atoms with Gasteiger partial charge in [0.05, 0.1) is 5.70 Å². The Morgan fingerprint density at radius 2 is 1.79 bits per heavy atom. The second-order valence-corrected chi connectivity index (χ2v) is 7.47. The predicted octanol–water partition coefficient (Wildman–Crippen LogP) is 5.68. The van der Waals surface area contributed by atoms with Crippen LogP contribution in [0.3, 0.4) is 0 Å². The molecule has 0 radical (unpaired) electrons. The van der Waals surface area contributed by atoms with Crippen molar-refractivity contribution < 1.29 is 14.4 Å². The second-order valence-electron chi connectivity index (χ2n) is 7.47. The van der Waals surface area contributed by atoms with Gasteiger partial charge < -0.3 is 10.6 Å². The quantitative estimate of drug-likeness (QED) is 0.288. The Labute approximate surface area is 170 Å². The molecule has 1 fully saturated rings. The van der Waals surface area contributed by atoms with Gasteiger partial charge in [0.15, 0.2) is 0 Å². The maximum Gasteiger partial charge on any atom is 0.333 e. The summed E-state index contributed by atoms with van der Waals surface area (Å²) >= 11 is 0. The first-order valence-corrected chi connectivity index (χ1v) is 10.9. The highest BCUT2D eigenvalue weighted by Crippen LogP contribution is 2.21. The lowest BCUT2D eigenvalue weighted by molar-refractivity contribution is -0.186. The Morgan fingerprint density at radius 1 is 1.07 bits per heavy atom. The van der Waals surface area contributed by atoms with Gasteiger partial charge in [-0.3, -0.25) is 4.79 Å². The van der Waals surface area contributed by atoms with E-state index in [2.05, 4.69) is 31.7 Å². The van der Waals surface area contributed by atoms with Crippen LogP contribution in [0.4, 0.5) is 0 Å². The monoisotopic (exact) mass is 390 g/mol. The summed E-state index contributed by atoms with van der Waals surface area (Å²) < 4.78 is 0. The molecule has 0 aromatic carbocycles. The topological polar surface area (TPSA) is 72.6 Å². The minimum atomic E-state index is -0.348. The van der Waals surface area contributed by atoms with Crippen LogP contribution in [0, 0.1) is 0 Å². The fourth-order valence-corrected chi connectivity index (χ4v) is 3.06. The van der Waals surface area contributed by atoms with E-state index in [1.807, 2.05) is 0 Å². The molecule has 1 amide bonds. The van der Waals surface area contributed by atoms with Crippen molar-refractivity contribution in [1.29, 1.82) is 0 Å². The minimum Gasteiger partial charge on any atom is -0.402 e. The number of allylic oxidation sites excluding steroid dienone is 4. The van der Waals surface area contributed by atoms with Crippen molar-refractivity contribution in [2.24, 2.45) is 5.73 Å². The number of hydrogen-bond acceptors (Lipinski definition) is 4. The van der Waals surface area contributed by atoms with Gasteiger partial charge in [0.25, 0.3) is 5.91 Å². The molecular formula is C23H38N2O3. The van der Waals surface area contributed by atoms with Gasteiger partial charge in [0.2, 0.25) is 0 Å². The van der Waals surface area contributed by atoms with E-state index in [0.717, 1.165) is 62.1 Å². The summed E-state index contributed by atoms with van der Waals surface area (Å²) in [6.45, 7) is 5.94. The molecule has 1 rings (SSSR count). The Hall–Kier alpha value is -2.04. The van der Waals surface area contributed by atoms with Crippen LogP contribution < -0.4 is 5.73 Å². The van der Waals surface area contributed by atoms with Gasteiger partial charge in [0.1, 0.15) is 0 Å². The first kappa shape index (κ1) is 24.0. The fourth-order valence-electron chi connectivity index (χ4n) is 3.06. The van der Waals surface area contributed by atoms with E-state index in [4.69, 9.17) is 10.6 Å². The van der Waals surface area contributed by atoms with Gasteiger partial charge in [-0.1, -0.05) is 63.8 Å². The van der Waals surface area contributed by atoms with Gasteiger partial charge >= 0.3 is 5.97 Å². The van der Waals surface area contributed by atoms with Crippen LogP contribution in [-0.4, -0.2) is 16.9 Å². The van der Waals surface area contributed by atoms with Crippen molar-refractivity contribution in [3.63, 3.8) is 0 Å². The smallest absolute Gasteiger partial charge is 0.333 e. The first-order valence-electron chi connectivity index (χ1n) is 10.9. The zero-order chi connectivity index (χ0) is 20.6. The van der Waals surface area contributed by atoms with Crippen LogP contribution in [0.15, 0.2) is 36.2 Å². The van der Waals surface area contributed by atoms with E-state index in [1.54, 1.807) is 0 Å². The molecule has 5 nitrogen and oxygen atoms in total. The summed E-state index contributed by atoms with van der Waals surface area (Å²) in [5.41, 5.74) is 7.53. The van der Waals surface area contributed by atoms with Crippen molar-refractivity contribution >= 4 is 11.9 Å². The third-order valence-corrected chi connectivity index (χ3v) is 4.82. The molecule has 0 aromatic rings. The molecule has 28 heavy (non-hydrogen) atoms. The lowest BCUT2D eigenvalue weighted by Gasteiger charge is -2.15. The highest BCUT2D eigenvalue weighted by atomic mass is 16.7. The largest absolute Gasteiger partial charge is 0.402 e. The van der Waals surface area contributed by atoms with E-state index in [0.29, 0.717) is 25.0 Å². The molecule has 0 bridgehead atoms. The zero-order valence-electron chi connectivity index (χ0n) is 17.6. The van der Waals surface area contributed by atoms with Gasteiger partial charge in [0, 0.05) is 25.0 Å². The van der Waals surface area contributed by atoms with Gasteiger partial charge in [-0.15, -0.1) is 5.06 Å². The number of hydrogen-bond donors (Lipinski definition) is 1. The van der Waals surface area contributed by atoms with Crippen molar-refractivity contribution in [2.75, 3.05) is 0 Å². The molecule has 1 aliphatic heterocycles. The van der Waals surface area contributed by atoms with E-state index >= 15 is 0 Å². The Bertz CT molecular complexity index is 536. The molecule has 1 aliphatic rings. The summed E-state index contributed by atoms with van der Waals surface area (Å²) in [6, 6.07) is 0. The molecular weight excluding hydrogens is 352 g/mol. The van der Waals surface area contributed by atoms with Crippen LogP contribution in [0.5, 0.6) is 0 Å². The summed E-state index contributed by atoms with van der Waals surface area (Å²) in [4.78, 5) is 28.4. The standard InChI is InChI=1S/C23H38N2O3/c1-3-4-5-12-15-21(24)16-13-10-8-6-7-9-11-14-17-23(27)28-25-20(2)18-19-22(25)26/h10,13,15H,2-9,11-12,14,16-19,24H2,1H3/b13-10-,21-15+. The van der Waals surface area contributed by atoms with Crippen molar-refractivity contribution in [1.82, 2.24) is 5.06 Å². The first-order chi connectivity index (χ1) is 13.5. The summed E-state index contributed by atoms with van der Waals surface area (Å²) in [5, 5.41) is 1.06. The number of unbranched alkanes of at least 4 members (excludes halogenated alkanes) is 8. The Kier molecular flexibility index (Phi) is 12.8. The van der Waals surface area contributed by atoms with Crippen LogP contribution in [0.1, 0.15) is 96.8 Å². The van der Waals surface area contributed by atoms with Crippen molar-refractivity contribution in [3.05, 3.63) is 36.2 Å². The normalized spacial score (nSPS) is 15.0. The Morgan fingerprint density at radius 3 is 2.50 bits per heavy atom. The summed E-state index contributed by atoms with van der Waals surface area (Å²) in [5.74, 6) is -0.528. The van der Waals surface area contributed by atoms with Crippen molar-refractivity contribution in [2.45, 2.75) is 96.8 Å². The second kappa shape index (κ2) is 14.9. The summed E-state index contributed by atoms with van der Waals surface area (Å²) in [6.07, 6.45) is 19.8. The molecule has 158 valence electrons. The highest BCUT2D eigenvalue weighted by molar-refractivity contribution is 5.82.